The standard InChI is InChI=1S/C40H54N2O13S3/c1-39(2,3)33-27-30(55-36-26-29(15-17-32(33)36)41(22-23-54-5)20-11-25-57(48,49)50)12-9-13-37-40(4,19-10-24-56(45,46)47)34-28-31(58(51,52)53)16-18-35(34)42(37)21-8-6-7-14-38(43)44/h9,12-13,15-18,26-28H,6-8,10-11,14,19-25H2,1-5H3,(H3-,43,44,45,46,47,48,49,50,51,52,53)/p+1. The van der Waals surface area contributed by atoms with Gasteiger partial charge in [0.15, 0.2) is 6.54 Å². The maximum Gasteiger partial charge on any atom is 0.303 e. The third kappa shape index (κ3) is 12.8. The van der Waals surface area contributed by atoms with E-state index in [1.807, 2.05) is 46.7 Å². The van der Waals surface area contributed by atoms with Crippen LogP contribution in [0.3, 0.4) is 0 Å². The Hall–Kier alpha value is -3.91. The van der Waals surface area contributed by atoms with E-state index in [-0.39, 0.29) is 41.7 Å². The highest BCUT2D eigenvalue weighted by Crippen LogP contribution is 2.51. The first-order chi connectivity index (χ1) is 26.9. The molecule has 0 radical (unpaired) electrons. The van der Waals surface area contributed by atoms with Crippen molar-refractivity contribution >= 4 is 48.1 Å². The molecule has 1 aromatic rings. The van der Waals surface area contributed by atoms with E-state index in [1.165, 1.54) is 12.1 Å². The normalized spacial score (nSPS) is 17.7. The maximum atomic E-state index is 12.3. The molecule has 15 nitrogen and oxygen atoms in total. The zero-order valence-electron chi connectivity index (χ0n) is 33.5. The Morgan fingerprint density at radius 3 is 2.21 bits per heavy atom. The van der Waals surface area contributed by atoms with Crippen LogP contribution in [0.5, 0.6) is 0 Å². The molecule has 58 heavy (non-hydrogen) atoms. The Morgan fingerprint density at radius 2 is 1.59 bits per heavy atom. The fourth-order valence-electron chi connectivity index (χ4n) is 7.36. The van der Waals surface area contributed by atoms with Crippen LogP contribution in [-0.4, -0.2) is 94.8 Å². The van der Waals surface area contributed by atoms with Crippen molar-refractivity contribution in [2.24, 2.45) is 0 Å². The van der Waals surface area contributed by atoms with Gasteiger partial charge in [0.2, 0.25) is 5.36 Å². The molecule has 0 fully saturated rings. The van der Waals surface area contributed by atoms with E-state index in [1.54, 1.807) is 25.3 Å². The first-order valence-corrected chi connectivity index (χ1v) is 23.6. The minimum absolute atomic E-state index is 0.0135. The van der Waals surface area contributed by atoms with Gasteiger partial charge in [-0.3, -0.25) is 18.5 Å². The molecule has 0 aromatic heterocycles. The molecule has 3 aliphatic rings. The van der Waals surface area contributed by atoms with Gasteiger partial charge in [-0.15, -0.1) is 0 Å². The number of hydrogen-bond acceptors (Lipinski definition) is 10. The summed E-state index contributed by atoms with van der Waals surface area (Å²) in [5, 5.41) is 9.90. The van der Waals surface area contributed by atoms with Crippen LogP contribution in [0.4, 0.5) is 5.69 Å². The third-order valence-electron chi connectivity index (χ3n) is 10.2. The summed E-state index contributed by atoms with van der Waals surface area (Å²) in [6.45, 7) is 9.67. The van der Waals surface area contributed by atoms with Crippen molar-refractivity contribution in [3.8, 4) is 11.3 Å². The van der Waals surface area contributed by atoms with Crippen LogP contribution in [0.2, 0.25) is 0 Å². The van der Waals surface area contributed by atoms with Crippen molar-refractivity contribution in [1.82, 2.24) is 4.58 Å². The SMILES string of the molecule is COCC[N+](CCCS(=O)(=O)O)=c1ccc2c(C(C)(C)C)cc(/C=C/C=C3/N(CCCCCC(=O)O)c4ccc(S(=O)(=O)O)cc4C3(C)CCCS(=O)(=O)O)oc-2c1. The fourth-order valence-corrected chi connectivity index (χ4v) is 8.87. The minimum atomic E-state index is -4.60. The third-order valence-corrected chi connectivity index (χ3v) is 12.7. The van der Waals surface area contributed by atoms with E-state index < -0.39 is 47.5 Å². The van der Waals surface area contributed by atoms with Gasteiger partial charge < -0.3 is 19.2 Å². The van der Waals surface area contributed by atoms with E-state index in [0.29, 0.717) is 74.0 Å². The van der Waals surface area contributed by atoms with Crippen LogP contribution in [-0.2, 0) is 50.7 Å². The monoisotopic (exact) mass is 867 g/mol. The number of allylic oxidation sites excluding steroid dienone is 3. The molecule has 0 spiro atoms. The first-order valence-electron chi connectivity index (χ1n) is 19.0. The summed E-state index contributed by atoms with van der Waals surface area (Å²) in [6.07, 6.45) is 7.47. The number of unbranched alkanes of at least 4 members (excludes halogenated alkanes) is 2. The van der Waals surface area contributed by atoms with Gasteiger partial charge in [0, 0.05) is 54.9 Å². The Kier molecular flexibility index (Phi) is 15.3. The second kappa shape index (κ2) is 19.0. The molecule has 2 aliphatic heterocycles. The van der Waals surface area contributed by atoms with E-state index in [4.69, 9.17) is 14.3 Å². The highest BCUT2D eigenvalue weighted by atomic mass is 32.2. The molecule has 0 saturated carbocycles. The maximum absolute atomic E-state index is 12.3. The number of benzene rings is 2. The molecular formula is C40H55N2O13S3+. The number of fused-ring (bicyclic) bond motifs is 2. The molecule has 4 N–H and O–H groups in total. The van der Waals surface area contributed by atoms with Gasteiger partial charge in [-0.05, 0) is 91.6 Å². The molecule has 0 amide bonds. The van der Waals surface area contributed by atoms with Gasteiger partial charge in [-0.25, -0.2) is 4.58 Å². The Morgan fingerprint density at radius 1 is 0.897 bits per heavy atom. The molecule has 0 saturated heterocycles. The quantitative estimate of drug-likeness (QED) is 0.0615. The van der Waals surface area contributed by atoms with Crippen molar-refractivity contribution in [3.05, 3.63) is 82.6 Å². The lowest BCUT2D eigenvalue weighted by Gasteiger charge is -2.30. The van der Waals surface area contributed by atoms with Crippen LogP contribution in [0.1, 0.15) is 89.5 Å². The van der Waals surface area contributed by atoms with Gasteiger partial charge in [0.25, 0.3) is 30.4 Å². The lowest BCUT2D eigenvalue weighted by Crippen LogP contribution is -2.34. The predicted molar refractivity (Wildman–Crippen MR) is 222 cm³/mol. The molecule has 320 valence electrons. The number of methoxy groups -OCH3 is 1. The molecule has 1 unspecified atom stereocenters. The first kappa shape index (κ1) is 46.8. The van der Waals surface area contributed by atoms with E-state index >= 15 is 0 Å². The molecule has 4 rings (SSSR count). The summed E-state index contributed by atoms with van der Waals surface area (Å²) < 4.78 is 113. The Bertz CT molecular complexity index is 2390. The molecule has 18 heteroatoms. The van der Waals surface area contributed by atoms with Gasteiger partial charge in [-0.2, -0.15) is 25.3 Å². The summed E-state index contributed by atoms with van der Waals surface area (Å²) in [5.41, 5.74) is 2.44. The fraction of sp³-hybridized carbons (Fsp3) is 0.500. The number of rotatable bonds is 20. The number of ether oxygens (including phenoxy) is 1. The topological polar surface area (TPSA) is 229 Å². The molecular weight excluding hydrogens is 813 g/mol. The number of aliphatic carboxylic acids is 1. The molecule has 1 aliphatic carbocycles. The van der Waals surface area contributed by atoms with Crippen LogP contribution in [0.15, 0.2) is 69.6 Å². The van der Waals surface area contributed by atoms with E-state index in [2.05, 4.69) is 20.8 Å². The summed E-state index contributed by atoms with van der Waals surface area (Å²) in [6, 6.07) is 12.0. The van der Waals surface area contributed by atoms with Crippen LogP contribution >= 0.6 is 0 Å². The predicted octanol–water partition coefficient (Wildman–Crippen LogP) is 5.61. The summed E-state index contributed by atoms with van der Waals surface area (Å²) in [4.78, 5) is 12.8. The van der Waals surface area contributed by atoms with Gasteiger partial charge >= 0.3 is 5.97 Å². The second-order valence-corrected chi connectivity index (χ2v) is 20.3. The van der Waals surface area contributed by atoms with Crippen molar-refractivity contribution in [2.45, 2.75) is 88.4 Å². The van der Waals surface area contributed by atoms with Crippen LogP contribution in [0.25, 0.3) is 17.4 Å². The van der Waals surface area contributed by atoms with Gasteiger partial charge in [0.1, 0.15) is 24.7 Å². The van der Waals surface area contributed by atoms with Crippen LogP contribution < -0.4 is 14.8 Å². The van der Waals surface area contributed by atoms with Crippen molar-refractivity contribution in [3.63, 3.8) is 0 Å². The highest BCUT2D eigenvalue weighted by Gasteiger charge is 2.43. The van der Waals surface area contributed by atoms with Crippen molar-refractivity contribution < 1.29 is 58.0 Å². The number of nitrogens with zero attached hydrogens (tertiary/aromatic N) is 2. The van der Waals surface area contributed by atoms with Crippen LogP contribution in [0, 0.1) is 0 Å². The smallest absolute Gasteiger partial charge is 0.303 e. The highest BCUT2D eigenvalue weighted by molar-refractivity contribution is 7.86. The summed E-state index contributed by atoms with van der Waals surface area (Å²) in [7, 11) is -11.5. The van der Waals surface area contributed by atoms with E-state index in [0.717, 1.165) is 16.5 Å². The zero-order valence-corrected chi connectivity index (χ0v) is 36.0. The average molecular weight is 868 g/mol. The largest absolute Gasteiger partial charge is 0.481 e. The Labute approximate surface area is 341 Å². The van der Waals surface area contributed by atoms with Crippen molar-refractivity contribution in [1.29, 1.82) is 0 Å². The molecule has 1 aromatic carbocycles. The number of carboxylic acids is 1. The van der Waals surface area contributed by atoms with Crippen molar-refractivity contribution in [2.75, 3.05) is 49.8 Å². The molecule has 1 atom stereocenters. The molecule has 2 heterocycles. The van der Waals surface area contributed by atoms with E-state index in [9.17, 15) is 43.7 Å². The minimum Gasteiger partial charge on any atom is -0.481 e. The average Bonchev–Trinajstić information content (AvgIpc) is 3.33. The summed E-state index contributed by atoms with van der Waals surface area (Å²) in [5.74, 6) is -0.741. The number of carboxylic acid groups (broad SMARTS) is 1. The number of hydrogen-bond donors (Lipinski definition) is 4. The Balaban J connectivity index is 1.86. The number of anilines is 1. The van der Waals surface area contributed by atoms with Gasteiger partial charge in [0.05, 0.1) is 22.5 Å². The molecule has 0 bridgehead atoms. The lowest BCUT2D eigenvalue weighted by molar-refractivity contribution is -0.137. The summed E-state index contributed by atoms with van der Waals surface area (Å²) >= 11 is 0. The zero-order chi connectivity index (χ0) is 43.1. The number of carbonyl (C=O) groups is 1. The van der Waals surface area contributed by atoms with Gasteiger partial charge in [-0.1, -0.05) is 33.3 Å². The lowest BCUT2D eigenvalue weighted by atomic mass is 9.77. The second-order valence-electron chi connectivity index (χ2n) is 15.8.